The van der Waals surface area contributed by atoms with Crippen LogP contribution in [-0.2, 0) is 0 Å². The van der Waals surface area contributed by atoms with Crippen molar-refractivity contribution in [1.29, 1.82) is 0 Å². The minimum atomic E-state index is -0.141. The first-order valence-corrected chi connectivity index (χ1v) is 9.12. The third kappa shape index (κ3) is 5.88. The van der Waals surface area contributed by atoms with Crippen LogP contribution in [0.2, 0.25) is 0 Å². The molecule has 0 aliphatic rings. The van der Waals surface area contributed by atoms with Crippen molar-refractivity contribution in [3.05, 3.63) is 35.4 Å². The van der Waals surface area contributed by atoms with E-state index >= 15 is 0 Å². The summed E-state index contributed by atoms with van der Waals surface area (Å²) in [4.78, 5) is 23.8. The Hall–Kier alpha value is -1.14. The minimum Gasteiger partial charge on any atom is -0.351 e. The molecular formula is C14H20N2O2S2. The Morgan fingerprint density at radius 3 is 1.80 bits per heavy atom. The lowest BCUT2D eigenvalue weighted by Crippen LogP contribution is -2.28. The van der Waals surface area contributed by atoms with Gasteiger partial charge in [0.25, 0.3) is 11.8 Å². The smallest absolute Gasteiger partial charge is 0.251 e. The second-order valence-electron chi connectivity index (χ2n) is 4.08. The fraction of sp³-hybridized carbons (Fsp3) is 0.429. The van der Waals surface area contributed by atoms with Gasteiger partial charge in [-0.25, -0.2) is 0 Å². The minimum absolute atomic E-state index is 0.141. The largest absolute Gasteiger partial charge is 0.351 e. The highest BCUT2D eigenvalue weighted by Gasteiger charge is 2.09. The number of carbonyl (C=O) groups excluding carboxylic acids is 2. The molecule has 2 amide bonds. The molecule has 0 saturated carbocycles. The normalized spacial score (nSPS) is 10.1. The summed E-state index contributed by atoms with van der Waals surface area (Å²) in [6.07, 6.45) is 3.98. The van der Waals surface area contributed by atoms with Gasteiger partial charge in [-0.05, 0) is 30.7 Å². The molecule has 0 saturated heterocycles. The van der Waals surface area contributed by atoms with Crippen LogP contribution in [0.1, 0.15) is 20.7 Å². The van der Waals surface area contributed by atoms with Crippen molar-refractivity contribution < 1.29 is 9.59 Å². The van der Waals surface area contributed by atoms with Crippen LogP contribution in [0.3, 0.4) is 0 Å². The van der Waals surface area contributed by atoms with Crippen LogP contribution in [0.5, 0.6) is 0 Å². The molecule has 0 heterocycles. The van der Waals surface area contributed by atoms with Gasteiger partial charge >= 0.3 is 0 Å². The first-order valence-electron chi connectivity index (χ1n) is 6.33. The number of thioether (sulfide) groups is 2. The van der Waals surface area contributed by atoms with Gasteiger partial charge in [0.15, 0.2) is 0 Å². The average molecular weight is 312 g/mol. The Kier molecular flexibility index (Phi) is 8.22. The molecule has 0 bridgehead atoms. The quantitative estimate of drug-likeness (QED) is 0.720. The Balaban J connectivity index is 2.60. The first-order chi connectivity index (χ1) is 9.69. The van der Waals surface area contributed by atoms with Gasteiger partial charge in [-0.1, -0.05) is 6.07 Å². The Labute approximate surface area is 128 Å². The van der Waals surface area contributed by atoms with Gasteiger partial charge in [0.2, 0.25) is 0 Å². The molecule has 6 heteroatoms. The van der Waals surface area contributed by atoms with Crippen LogP contribution in [0.15, 0.2) is 24.3 Å². The zero-order valence-electron chi connectivity index (χ0n) is 11.8. The fourth-order valence-electron chi connectivity index (χ4n) is 1.54. The highest BCUT2D eigenvalue weighted by atomic mass is 32.2. The molecule has 1 rings (SSSR count). The Morgan fingerprint density at radius 1 is 0.950 bits per heavy atom. The summed E-state index contributed by atoms with van der Waals surface area (Å²) in [5, 5.41) is 5.65. The third-order valence-corrected chi connectivity index (χ3v) is 3.80. The Morgan fingerprint density at radius 2 is 1.40 bits per heavy atom. The van der Waals surface area contributed by atoms with Crippen LogP contribution in [0, 0.1) is 0 Å². The number of benzene rings is 1. The number of amides is 2. The predicted octanol–water partition coefficient (Wildman–Crippen LogP) is 1.87. The molecule has 1 aromatic rings. The molecule has 0 fully saturated rings. The average Bonchev–Trinajstić information content (AvgIpc) is 2.47. The van der Waals surface area contributed by atoms with Gasteiger partial charge in [0.05, 0.1) is 0 Å². The summed E-state index contributed by atoms with van der Waals surface area (Å²) in [5.74, 6) is 1.47. The lowest BCUT2D eigenvalue weighted by molar-refractivity contribution is 0.0955. The van der Waals surface area contributed by atoms with E-state index in [1.165, 1.54) is 0 Å². The predicted molar refractivity (Wildman–Crippen MR) is 87.9 cm³/mol. The summed E-state index contributed by atoms with van der Waals surface area (Å²) in [7, 11) is 0. The maximum Gasteiger partial charge on any atom is 0.251 e. The molecule has 2 N–H and O–H groups in total. The van der Waals surface area contributed by atoms with Gasteiger partial charge in [0.1, 0.15) is 0 Å². The molecule has 0 spiro atoms. The molecule has 0 aliphatic carbocycles. The van der Waals surface area contributed by atoms with E-state index in [-0.39, 0.29) is 11.8 Å². The zero-order chi connectivity index (χ0) is 14.8. The highest BCUT2D eigenvalue weighted by molar-refractivity contribution is 7.98. The molecular weight excluding hydrogens is 292 g/mol. The van der Waals surface area contributed by atoms with Crippen molar-refractivity contribution in [3.63, 3.8) is 0 Å². The van der Waals surface area contributed by atoms with Gasteiger partial charge in [-0.2, -0.15) is 23.5 Å². The van der Waals surface area contributed by atoms with E-state index in [4.69, 9.17) is 0 Å². The fourth-order valence-corrected chi connectivity index (χ4v) is 2.15. The number of rotatable bonds is 8. The first kappa shape index (κ1) is 16.9. The van der Waals surface area contributed by atoms with Crippen molar-refractivity contribution in [3.8, 4) is 0 Å². The molecule has 0 atom stereocenters. The summed E-state index contributed by atoms with van der Waals surface area (Å²) in [5.41, 5.74) is 1.03. The van der Waals surface area contributed by atoms with Gasteiger partial charge < -0.3 is 10.6 Å². The van der Waals surface area contributed by atoms with E-state index in [1.807, 2.05) is 12.5 Å². The number of hydrogen-bond acceptors (Lipinski definition) is 4. The van der Waals surface area contributed by atoms with Crippen molar-refractivity contribution in [2.45, 2.75) is 0 Å². The molecule has 20 heavy (non-hydrogen) atoms. The van der Waals surface area contributed by atoms with Crippen molar-refractivity contribution in [2.24, 2.45) is 0 Å². The van der Waals surface area contributed by atoms with Crippen LogP contribution >= 0.6 is 23.5 Å². The summed E-state index contributed by atoms with van der Waals surface area (Å²) in [6.45, 7) is 1.26. The number of carbonyl (C=O) groups is 2. The monoisotopic (exact) mass is 312 g/mol. The maximum atomic E-state index is 11.9. The lowest BCUT2D eigenvalue weighted by atomic mass is 10.1. The topological polar surface area (TPSA) is 58.2 Å². The molecule has 0 unspecified atom stereocenters. The standard InChI is InChI=1S/C14H20N2O2S2/c1-19-8-6-15-13(17)11-4-3-5-12(10-11)14(18)16-7-9-20-2/h3-5,10H,6-9H2,1-2H3,(H,15,17)(H,16,18). The molecule has 0 radical (unpaired) electrons. The van der Waals surface area contributed by atoms with E-state index in [0.29, 0.717) is 24.2 Å². The van der Waals surface area contributed by atoms with E-state index in [0.717, 1.165) is 11.5 Å². The molecule has 0 aromatic heterocycles. The van der Waals surface area contributed by atoms with Crippen LogP contribution in [0.4, 0.5) is 0 Å². The second-order valence-corrected chi connectivity index (χ2v) is 6.05. The van der Waals surface area contributed by atoms with E-state index in [2.05, 4.69) is 10.6 Å². The van der Waals surface area contributed by atoms with Crippen molar-refractivity contribution in [2.75, 3.05) is 37.1 Å². The highest BCUT2D eigenvalue weighted by Crippen LogP contribution is 2.05. The zero-order valence-corrected chi connectivity index (χ0v) is 13.4. The SMILES string of the molecule is CSCCNC(=O)c1cccc(C(=O)NCCSC)c1. The lowest BCUT2D eigenvalue weighted by Gasteiger charge is -2.07. The number of hydrogen-bond donors (Lipinski definition) is 2. The third-order valence-electron chi connectivity index (χ3n) is 2.57. The molecule has 1 aromatic carbocycles. The van der Waals surface area contributed by atoms with Crippen LogP contribution in [-0.4, -0.2) is 48.9 Å². The van der Waals surface area contributed by atoms with Crippen molar-refractivity contribution in [1.82, 2.24) is 10.6 Å². The van der Waals surface area contributed by atoms with Gasteiger partial charge in [0, 0.05) is 35.7 Å². The van der Waals surface area contributed by atoms with E-state index in [9.17, 15) is 9.59 Å². The molecule has 110 valence electrons. The van der Waals surface area contributed by atoms with E-state index < -0.39 is 0 Å². The van der Waals surface area contributed by atoms with E-state index in [1.54, 1.807) is 47.8 Å². The van der Waals surface area contributed by atoms with Crippen LogP contribution in [0.25, 0.3) is 0 Å². The maximum absolute atomic E-state index is 11.9. The second kappa shape index (κ2) is 9.72. The van der Waals surface area contributed by atoms with Crippen molar-refractivity contribution >= 4 is 35.3 Å². The summed E-state index contributed by atoms with van der Waals surface area (Å²) >= 11 is 3.35. The van der Waals surface area contributed by atoms with Crippen LogP contribution < -0.4 is 10.6 Å². The molecule has 4 nitrogen and oxygen atoms in total. The molecule has 0 aliphatic heterocycles. The number of nitrogens with one attached hydrogen (secondary N) is 2. The Bertz CT molecular complexity index is 415. The summed E-state index contributed by atoms with van der Waals surface area (Å²) < 4.78 is 0. The summed E-state index contributed by atoms with van der Waals surface area (Å²) in [6, 6.07) is 6.79. The van der Waals surface area contributed by atoms with Gasteiger partial charge in [-0.15, -0.1) is 0 Å². The van der Waals surface area contributed by atoms with Gasteiger partial charge in [-0.3, -0.25) is 9.59 Å².